The van der Waals surface area contributed by atoms with E-state index in [0.29, 0.717) is 28.4 Å². The Morgan fingerprint density at radius 1 is 0.968 bits per heavy atom. The first-order valence-corrected chi connectivity index (χ1v) is 9.72. The molecule has 1 aromatic heterocycles. The summed E-state index contributed by atoms with van der Waals surface area (Å²) in [6.45, 7) is 1.98. The van der Waals surface area contributed by atoms with Crippen LogP contribution < -0.4 is 4.74 Å². The number of carbonyl (C=O) groups excluding carboxylic acids is 1. The van der Waals surface area contributed by atoms with Gasteiger partial charge in [-0.15, -0.1) is 0 Å². The van der Waals surface area contributed by atoms with Crippen LogP contribution in [0.4, 0.5) is 5.69 Å². The highest BCUT2D eigenvalue weighted by Crippen LogP contribution is 2.32. The fraction of sp³-hybridized carbons (Fsp3) is 0.0417. The molecule has 4 aromatic rings. The van der Waals surface area contributed by atoms with E-state index in [4.69, 9.17) is 20.8 Å². The molecule has 0 N–H and O–H groups in total. The lowest BCUT2D eigenvalue weighted by molar-refractivity contribution is -0.384. The molecule has 4 rings (SSSR count). The van der Waals surface area contributed by atoms with Crippen LogP contribution >= 0.6 is 11.6 Å². The smallest absolute Gasteiger partial charge is 0.288 e. The summed E-state index contributed by atoms with van der Waals surface area (Å²) in [5, 5.41) is 11.1. The minimum Gasteiger partial charge on any atom is -0.457 e. The largest absolute Gasteiger partial charge is 0.457 e. The van der Waals surface area contributed by atoms with Crippen molar-refractivity contribution >= 4 is 23.1 Å². The van der Waals surface area contributed by atoms with Crippen LogP contribution in [-0.4, -0.2) is 10.7 Å². The van der Waals surface area contributed by atoms with Crippen molar-refractivity contribution in [2.45, 2.75) is 6.92 Å². The number of nitrogens with zero attached hydrogens (tertiary/aromatic N) is 1. The van der Waals surface area contributed by atoms with E-state index in [1.54, 1.807) is 36.4 Å². The number of ether oxygens (including phenoxy) is 1. The summed E-state index contributed by atoms with van der Waals surface area (Å²) >= 11 is 5.85. The van der Waals surface area contributed by atoms with E-state index in [0.717, 1.165) is 5.56 Å². The maximum atomic E-state index is 12.8. The lowest BCUT2D eigenvalue weighted by Gasteiger charge is -2.07. The molecule has 3 aromatic carbocycles. The first kappa shape index (κ1) is 20.4. The second-order valence-electron chi connectivity index (χ2n) is 6.86. The van der Waals surface area contributed by atoms with Gasteiger partial charge in [-0.05, 0) is 73.2 Å². The summed E-state index contributed by atoms with van der Waals surface area (Å²) in [5.41, 5.74) is 1.74. The van der Waals surface area contributed by atoms with E-state index < -0.39 is 4.92 Å². The number of nitro benzene ring substituents is 1. The molecular formula is C24H16ClNO5. The molecule has 0 saturated heterocycles. The molecule has 6 nitrogen and oxygen atoms in total. The Morgan fingerprint density at radius 2 is 1.74 bits per heavy atom. The van der Waals surface area contributed by atoms with Crippen LogP contribution in [0.2, 0.25) is 5.02 Å². The average molecular weight is 434 g/mol. The van der Waals surface area contributed by atoms with Crippen molar-refractivity contribution in [1.29, 1.82) is 0 Å². The highest BCUT2D eigenvalue weighted by Gasteiger charge is 2.18. The van der Waals surface area contributed by atoms with Crippen LogP contribution in [0.25, 0.3) is 11.3 Å². The molecule has 0 radical (unpaired) electrons. The van der Waals surface area contributed by atoms with E-state index in [2.05, 4.69) is 0 Å². The van der Waals surface area contributed by atoms with Crippen molar-refractivity contribution in [3.63, 3.8) is 0 Å². The predicted molar refractivity (Wildman–Crippen MR) is 117 cm³/mol. The van der Waals surface area contributed by atoms with Crippen molar-refractivity contribution < 1.29 is 18.9 Å². The van der Waals surface area contributed by atoms with E-state index >= 15 is 0 Å². The molecule has 0 aliphatic rings. The number of benzene rings is 3. The molecule has 0 bridgehead atoms. The third kappa shape index (κ3) is 4.49. The van der Waals surface area contributed by atoms with Crippen LogP contribution in [0.15, 0.2) is 83.3 Å². The first-order valence-electron chi connectivity index (χ1n) is 9.34. The zero-order valence-electron chi connectivity index (χ0n) is 16.4. The van der Waals surface area contributed by atoms with Crippen molar-refractivity contribution in [2.24, 2.45) is 0 Å². The van der Waals surface area contributed by atoms with Crippen molar-refractivity contribution in [2.75, 3.05) is 0 Å². The van der Waals surface area contributed by atoms with Gasteiger partial charge in [0.05, 0.1) is 4.92 Å². The third-order valence-electron chi connectivity index (χ3n) is 4.60. The van der Waals surface area contributed by atoms with Gasteiger partial charge in [0.15, 0.2) is 5.76 Å². The highest BCUT2D eigenvalue weighted by atomic mass is 35.5. The van der Waals surface area contributed by atoms with Gasteiger partial charge < -0.3 is 9.15 Å². The molecule has 7 heteroatoms. The third-order valence-corrected chi connectivity index (χ3v) is 4.92. The minimum absolute atomic E-state index is 0.0320. The fourth-order valence-corrected chi connectivity index (χ4v) is 3.24. The standard InChI is InChI=1S/C24H16ClNO5/c1-15-3-2-4-19(13-15)30-18-8-5-16(6-9-18)24(27)23-12-11-22(31-23)17-7-10-20(25)21(14-17)26(28)29/h2-14H,1H3. The molecule has 0 fully saturated rings. The zero-order valence-corrected chi connectivity index (χ0v) is 17.1. The van der Waals surface area contributed by atoms with E-state index in [1.807, 2.05) is 31.2 Å². The summed E-state index contributed by atoms with van der Waals surface area (Å²) in [6.07, 6.45) is 0. The highest BCUT2D eigenvalue weighted by molar-refractivity contribution is 6.32. The van der Waals surface area contributed by atoms with Gasteiger partial charge in [0.2, 0.25) is 5.78 Å². The van der Waals surface area contributed by atoms with Gasteiger partial charge in [-0.25, -0.2) is 0 Å². The lowest BCUT2D eigenvalue weighted by atomic mass is 10.1. The first-order chi connectivity index (χ1) is 14.9. The molecule has 0 aliphatic heterocycles. The number of rotatable bonds is 6. The van der Waals surface area contributed by atoms with Crippen LogP contribution in [0.1, 0.15) is 21.7 Å². The maximum absolute atomic E-state index is 12.8. The van der Waals surface area contributed by atoms with Gasteiger partial charge in [-0.3, -0.25) is 14.9 Å². The number of halogens is 1. The lowest BCUT2D eigenvalue weighted by Crippen LogP contribution is -1.99. The van der Waals surface area contributed by atoms with Crippen LogP contribution in [0.5, 0.6) is 11.5 Å². The Balaban J connectivity index is 1.52. The normalized spacial score (nSPS) is 10.6. The number of furan rings is 1. The van der Waals surface area contributed by atoms with Crippen molar-refractivity contribution in [3.05, 3.63) is 111 Å². The summed E-state index contributed by atoms with van der Waals surface area (Å²) in [4.78, 5) is 23.3. The van der Waals surface area contributed by atoms with Gasteiger partial charge in [0.1, 0.15) is 22.3 Å². The molecule has 154 valence electrons. The molecular weight excluding hydrogens is 418 g/mol. The number of carbonyl (C=O) groups is 1. The summed E-state index contributed by atoms with van der Waals surface area (Å²) in [6, 6.07) is 21.9. The Morgan fingerprint density at radius 3 is 2.45 bits per heavy atom. The monoisotopic (exact) mass is 433 g/mol. The number of hydrogen-bond acceptors (Lipinski definition) is 5. The van der Waals surface area contributed by atoms with Crippen molar-refractivity contribution in [1.82, 2.24) is 0 Å². The van der Waals surface area contributed by atoms with E-state index in [1.165, 1.54) is 18.2 Å². The molecule has 0 amide bonds. The molecule has 0 unspecified atom stereocenters. The molecule has 0 saturated carbocycles. The number of hydrogen-bond donors (Lipinski definition) is 0. The van der Waals surface area contributed by atoms with E-state index in [-0.39, 0.29) is 22.3 Å². The van der Waals surface area contributed by atoms with Gasteiger partial charge in [-0.1, -0.05) is 23.7 Å². The summed E-state index contributed by atoms with van der Waals surface area (Å²) < 4.78 is 11.5. The average Bonchev–Trinajstić information content (AvgIpc) is 3.24. The molecule has 0 aliphatic carbocycles. The Kier molecular flexibility index (Phi) is 5.56. The maximum Gasteiger partial charge on any atom is 0.288 e. The van der Waals surface area contributed by atoms with Crippen molar-refractivity contribution in [3.8, 4) is 22.8 Å². The quantitative estimate of drug-likeness (QED) is 0.189. The second-order valence-corrected chi connectivity index (χ2v) is 7.27. The number of ketones is 1. The zero-order chi connectivity index (χ0) is 22.0. The van der Waals surface area contributed by atoms with Gasteiger partial charge in [-0.2, -0.15) is 0 Å². The molecule has 0 atom stereocenters. The van der Waals surface area contributed by atoms with Crippen LogP contribution in [0, 0.1) is 17.0 Å². The van der Waals surface area contributed by atoms with Crippen LogP contribution in [-0.2, 0) is 0 Å². The Hall–Kier alpha value is -3.90. The van der Waals surface area contributed by atoms with E-state index in [9.17, 15) is 14.9 Å². The SMILES string of the molecule is Cc1cccc(Oc2ccc(C(=O)c3ccc(-c4ccc(Cl)c([N+](=O)[O-])c4)o3)cc2)c1. The predicted octanol–water partition coefficient (Wildman–Crippen LogP) is 6.84. The summed E-state index contributed by atoms with van der Waals surface area (Å²) in [7, 11) is 0. The molecule has 0 spiro atoms. The fourth-order valence-electron chi connectivity index (χ4n) is 3.05. The second kappa shape index (κ2) is 8.45. The number of nitro groups is 1. The topological polar surface area (TPSA) is 82.6 Å². The van der Waals surface area contributed by atoms with Gasteiger partial charge >= 0.3 is 0 Å². The number of aryl methyl sites for hydroxylation is 1. The van der Waals surface area contributed by atoms with Crippen LogP contribution in [0.3, 0.4) is 0 Å². The Labute approximate surface area is 182 Å². The van der Waals surface area contributed by atoms with Gasteiger partial charge in [0, 0.05) is 17.2 Å². The minimum atomic E-state index is -0.568. The Bertz CT molecular complexity index is 1280. The molecule has 31 heavy (non-hydrogen) atoms. The van der Waals surface area contributed by atoms with Gasteiger partial charge in [0.25, 0.3) is 5.69 Å². The molecule has 1 heterocycles. The summed E-state index contributed by atoms with van der Waals surface area (Å²) in [5.74, 6) is 1.47.